The van der Waals surface area contributed by atoms with Crippen LogP contribution in [-0.4, -0.2) is 34.9 Å². The maximum atomic E-state index is 12.2. The first-order valence-corrected chi connectivity index (χ1v) is 7.38. The van der Waals surface area contributed by atoms with Crippen molar-refractivity contribution in [3.05, 3.63) is 24.5 Å². The molecule has 0 N–H and O–H groups in total. The van der Waals surface area contributed by atoms with Gasteiger partial charge >= 0.3 is 0 Å². The SMILES string of the molecule is CC1(C)CN(S(=O)(=O)c2cccnc2)CS1. The highest BCUT2D eigenvalue weighted by Crippen LogP contribution is 2.35. The average molecular weight is 258 g/mol. The van der Waals surface area contributed by atoms with Crippen molar-refractivity contribution in [2.75, 3.05) is 12.4 Å². The van der Waals surface area contributed by atoms with Crippen molar-refractivity contribution in [2.45, 2.75) is 23.5 Å². The van der Waals surface area contributed by atoms with Gasteiger partial charge in [0.2, 0.25) is 10.0 Å². The van der Waals surface area contributed by atoms with Crippen LogP contribution in [0.5, 0.6) is 0 Å². The van der Waals surface area contributed by atoms with E-state index in [1.54, 1.807) is 30.1 Å². The summed E-state index contributed by atoms with van der Waals surface area (Å²) in [7, 11) is -3.36. The summed E-state index contributed by atoms with van der Waals surface area (Å²) >= 11 is 1.66. The van der Waals surface area contributed by atoms with Crippen LogP contribution in [0.1, 0.15) is 13.8 Å². The quantitative estimate of drug-likeness (QED) is 0.807. The molecule has 0 spiro atoms. The number of hydrogen-bond acceptors (Lipinski definition) is 4. The Morgan fingerprint density at radius 1 is 1.50 bits per heavy atom. The summed E-state index contributed by atoms with van der Waals surface area (Å²) in [4.78, 5) is 4.12. The number of thioether (sulfide) groups is 1. The average Bonchev–Trinajstić information content (AvgIpc) is 2.61. The van der Waals surface area contributed by atoms with Gasteiger partial charge < -0.3 is 0 Å². The molecule has 0 aliphatic carbocycles. The van der Waals surface area contributed by atoms with Gasteiger partial charge in [-0.1, -0.05) is 0 Å². The van der Waals surface area contributed by atoms with Crippen molar-refractivity contribution in [3.8, 4) is 0 Å². The summed E-state index contributed by atoms with van der Waals surface area (Å²) < 4.78 is 25.9. The minimum Gasteiger partial charge on any atom is -0.263 e. The second-order valence-corrected chi connectivity index (χ2v) is 7.93. The van der Waals surface area contributed by atoms with Gasteiger partial charge in [-0.05, 0) is 26.0 Å². The van der Waals surface area contributed by atoms with Crippen molar-refractivity contribution < 1.29 is 8.42 Å². The van der Waals surface area contributed by atoms with Crippen molar-refractivity contribution >= 4 is 21.8 Å². The first kappa shape index (κ1) is 11.9. The van der Waals surface area contributed by atoms with Crippen LogP contribution in [0.15, 0.2) is 29.4 Å². The van der Waals surface area contributed by atoms with Gasteiger partial charge in [-0.15, -0.1) is 11.8 Å². The largest absolute Gasteiger partial charge is 0.263 e. The standard InChI is InChI=1S/C10H14N2O2S2/c1-10(2)7-12(8-15-10)16(13,14)9-4-3-5-11-6-9/h3-6H,7-8H2,1-2H3. The zero-order chi connectivity index (χ0) is 11.8. The predicted molar refractivity (Wildman–Crippen MR) is 64.7 cm³/mol. The topological polar surface area (TPSA) is 50.3 Å². The number of pyridine rings is 1. The van der Waals surface area contributed by atoms with E-state index in [9.17, 15) is 8.42 Å². The molecule has 0 radical (unpaired) electrons. The number of hydrogen-bond donors (Lipinski definition) is 0. The minimum absolute atomic E-state index is 0.00468. The smallest absolute Gasteiger partial charge is 0.245 e. The van der Waals surface area contributed by atoms with Crippen molar-refractivity contribution in [1.29, 1.82) is 0 Å². The lowest BCUT2D eigenvalue weighted by Gasteiger charge is -2.18. The van der Waals surface area contributed by atoms with Crippen LogP contribution in [0, 0.1) is 0 Å². The third-order valence-corrected chi connectivity index (χ3v) is 5.72. The van der Waals surface area contributed by atoms with E-state index in [2.05, 4.69) is 18.8 Å². The summed E-state index contributed by atoms with van der Waals surface area (Å²) in [5.74, 6) is 0.518. The summed E-state index contributed by atoms with van der Waals surface area (Å²) in [6, 6.07) is 3.22. The Morgan fingerprint density at radius 2 is 2.25 bits per heavy atom. The van der Waals surface area contributed by atoms with Gasteiger partial charge in [0.05, 0.1) is 5.88 Å². The van der Waals surface area contributed by atoms with Crippen LogP contribution >= 0.6 is 11.8 Å². The first-order valence-electron chi connectivity index (χ1n) is 4.96. The van der Waals surface area contributed by atoms with E-state index in [4.69, 9.17) is 0 Å². The summed E-state index contributed by atoms with van der Waals surface area (Å²) in [5.41, 5.74) is 0. The Labute approximate surface area is 100 Å². The van der Waals surface area contributed by atoms with Crippen molar-refractivity contribution in [2.24, 2.45) is 0 Å². The molecule has 1 aromatic rings. The van der Waals surface area contributed by atoms with E-state index in [0.29, 0.717) is 12.4 Å². The number of aromatic nitrogens is 1. The predicted octanol–water partition coefficient (Wildman–Crippen LogP) is 1.56. The van der Waals surface area contributed by atoms with E-state index in [0.717, 1.165) is 0 Å². The molecule has 6 heteroatoms. The lowest BCUT2D eigenvalue weighted by atomic mass is 10.2. The van der Waals surface area contributed by atoms with Gasteiger partial charge in [-0.25, -0.2) is 8.42 Å². The molecular formula is C10H14N2O2S2. The zero-order valence-electron chi connectivity index (χ0n) is 9.25. The van der Waals surface area contributed by atoms with Crippen molar-refractivity contribution in [3.63, 3.8) is 0 Å². The van der Waals surface area contributed by atoms with Crippen LogP contribution < -0.4 is 0 Å². The van der Waals surface area contributed by atoms with E-state index in [-0.39, 0.29) is 9.64 Å². The summed E-state index contributed by atoms with van der Waals surface area (Å²) in [6.45, 7) is 4.65. The fraction of sp³-hybridized carbons (Fsp3) is 0.500. The van der Waals surface area contributed by atoms with Gasteiger partial charge in [-0.2, -0.15) is 4.31 Å². The Morgan fingerprint density at radius 3 is 2.75 bits per heavy atom. The van der Waals surface area contributed by atoms with Gasteiger partial charge in [-0.3, -0.25) is 4.98 Å². The van der Waals surface area contributed by atoms with Gasteiger partial charge in [0.25, 0.3) is 0 Å². The Kier molecular flexibility index (Phi) is 2.98. The van der Waals surface area contributed by atoms with Crippen LogP contribution in [0.2, 0.25) is 0 Å². The molecule has 0 aromatic carbocycles. The van der Waals surface area contributed by atoms with E-state index < -0.39 is 10.0 Å². The first-order chi connectivity index (χ1) is 7.42. The third kappa shape index (κ3) is 2.23. The summed E-state index contributed by atoms with van der Waals surface area (Å²) in [5, 5.41) is 0. The van der Waals surface area contributed by atoms with Crippen LogP contribution in [0.25, 0.3) is 0 Å². The van der Waals surface area contributed by atoms with Crippen LogP contribution in [0.3, 0.4) is 0 Å². The van der Waals surface area contributed by atoms with E-state index >= 15 is 0 Å². The molecule has 1 aliphatic rings. The molecule has 0 unspecified atom stereocenters. The van der Waals surface area contributed by atoms with Crippen LogP contribution in [0.4, 0.5) is 0 Å². The summed E-state index contributed by atoms with van der Waals surface area (Å²) in [6.07, 6.45) is 2.97. The maximum Gasteiger partial charge on any atom is 0.245 e. The highest BCUT2D eigenvalue weighted by atomic mass is 32.2. The Bertz CT molecular complexity index is 471. The normalized spacial score (nSPS) is 21.1. The van der Waals surface area contributed by atoms with Crippen LogP contribution in [-0.2, 0) is 10.0 Å². The lowest BCUT2D eigenvalue weighted by Crippen LogP contribution is -2.32. The highest BCUT2D eigenvalue weighted by Gasteiger charge is 2.37. The monoisotopic (exact) mass is 258 g/mol. The Balaban J connectivity index is 2.28. The van der Waals surface area contributed by atoms with Crippen molar-refractivity contribution in [1.82, 2.24) is 9.29 Å². The second-order valence-electron chi connectivity index (χ2n) is 4.34. The molecule has 2 rings (SSSR count). The lowest BCUT2D eigenvalue weighted by molar-refractivity contribution is 0.450. The second kappa shape index (κ2) is 4.01. The van der Waals surface area contributed by atoms with E-state index in [1.165, 1.54) is 10.5 Å². The molecule has 4 nitrogen and oxygen atoms in total. The fourth-order valence-corrected chi connectivity index (χ4v) is 4.43. The molecule has 1 aromatic heterocycles. The molecule has 1 aliphatic heterocycles. The molecule has 0 amide bonds. The fourth-order valence-electron chi connectivity index (χ4n) is 1.57. The number of nitrogens with zero attached hydrogens (tertiary/aromatic N) is 2. The third-order valence-electron chi connectivity index (χ3n) is 2.43. The van der Waals surface area contributed by atoms with Gasteiger partial charge in [0.1, 0.15) is 4.90 Å². The molecule has 2 heterocycles. The maximum absolute atomic E-state index is 12.2. The highest BCUT2D eigenvalue weighted by molar-refractivity contribution is 8.01. The molecule has 0 atom stereocenters. The minimum atomic E-state index is -3.36. The number of rotatable bonds is 2. The molecule has 0 saturated carbocycles. The van der Waals surface area contributed by atoms with E-state index in [1.807, 2.05) is 0 Å². The molecule has 1 saturated heterocycles. The number of sulfonamides is 1. The molecule has 0 bridgehead atoms. The molecule has 88 valence electrons. The zero-order valence-corrected chi connectivity index (χ0v) is 10.9. The molecule has 16 heavy (non-hydrogen) atoms. The van der Waals surface area contributed by atoms with Gasteiger partial charge in [0, 0.05) is 23.7 Å². The molecular weight excluding hydrogens is 244 g/mol. The Hall–Kier alpha value is -0.590. The van der Waals surface area contributed by atoms with Gasteiger partial charge in [0.15, 0.2) is 0 Å². The molecule has 1 fully saturated rings.